The number of nitrogens with two attached hydrogens (primary N) is 1. The molecule has 0 aliphatic carbocycles. The second kappa shape index (κ2) is 4.76. The molecule has 1 fully saturated rings. The molecule has 0 unspecified atom stereocenters. The van der Waals surface area contributed by atoms with Gasteiger partial charge in [-0.15, -0.1) is 0 Å². The molecule has 1 aromatic rings. The Labute approximate surface area is 104 Å². The van der Waals surface area contributed by atoms with Crippen molar-refractivity contribution in [3.05, 3.63) is 24.0 Å². The van der Waals surface area contributed by atoms with Crippen LogP contribution in [0.15, 0.2) is 18.5 Å². The Balaban J connectivity index is 2.22. The summed E-state index contributed by atoms with van der Waals surface area (Å²) in [6.45, 7) is 2.27. The maximum Gasteiger partial charge on any atom is 0.393 e. The topological polar surface area (TPSA) is 42.2 Å². The van der Waals surface area contributed by atoms with Crippen molar-refractivity contribution in [2.75, 3.05) is 18.0 Å². The molecular formula is C12H16F3N3. The predicted octanol–water partition coefficient (Wildman–Crippen LogP) is 2.11. The van der Waals surface area contributed by atoms with Gasteiger partial charge in [0, 0.05) is 37.2 Å². The van der Waals surface area contributed by atoms with Gasteiger partial charge in [-0.3, -0.25) is 4.98 Å². The lowest BCUT2D eigenvalue weighted by Gasteiger charge is -2.39. The first-order valence-corrected chi connectivity index (χ1v) is 5.86. The summed E-state index contributed by atoms with van der Waals surface area (Å²) in [7, 11) is 0. The van der Waals surface area contributed by atoms with Crippen LogP contribution in [0.3, 0.4) is 0 Å². The molecule has 2 heterocycles. The Bertz CT molecular complexity index is 419. The number of nitrogens with zero attached hydrogens (tertiary/aromatic N) is 2. The van der Waals surface area contributed by atoms with Gasteiger partial charge in [0.2, 0.25) is 0 Å². The molecule has 0 spiro atoms. The van der Waals surface area contributed by atoms with Crippen LogP contribution in [-0.4, -0.2) is 30.3 Å². The first kappa shape index (κ1) is 13.1. The minimum absolute atomic E-state index is 0.00410. The molecular weight excluding hydrogens is 243 g/mol. The quantitative estimate of drug-likeness (QED) is 0.840. The molecule has 1 aliphatic heterocycles. The summed E-state index contributed by atoms with van der Waals surface area (Å²) in [6.07, 6.45) is -0.940. The van der Waals surface area contributed by atoms with Crippen molar-refractivity contribution in [3.8, 4) is 0 Å². The molecule has 1 saturated heterocycles. The summed E-state index contributed by atoms with van der Waals surface area (Å²) in [5.41, 5.74) is 7.40. The number of halogens is 3. The Hall–Kier alpha value is -1.30. The van der Waals surface area contributed by atoms with Gasteiger partial charge in [0.25, 0.3) is 0 Å². The second-order valence-electron chi connectivity index (χ2n) is 4.80. The van der Waals surface area contributed by atoms with Crippen LogP contribution in [0.5, 0.6) is 0 Å². The van der Waals surface area contributed by atoms with Crippen LogP contribution >= 0.6 is 0 Å². The molecule has 2 N–H and O–H groups in total. The van der Waals surface area contributed by atoms with Crippen LogP contribution < -0.4 is 10.6 Å². The summed E-state index contributed by atoms with van der Waals surface area (Å²) in [6, 6.07) is 1.29. The lowest BCUT2D eigenvalue weighted by atomic mass is 9.93. The molecule has 0 aromatic carbocycles. The van der Waals surface area contributed by atoms with Crippen molar-refractivity contribution >= 4 is 5.69 Å². The van der Waals surface area contributed by atoms with Gasteiger partial charge in [0.15, 0.2) is 0 Å². The van der Waals surface area contributed by atoms with Crippen LogP contribution in [0.2, 0.25) is 0 Å². The number of piperidine rings is 1. The number of hydrogen-bond acceptors (Lipinski definition) is 3. The van der Waals surface area contributed by atoms with Gasteiger partial charge < -0.3 is 10.6 Å². The van der Waals surface area contributed by atoms with Gasteiger partial charge >= 0.3 is 6.18 Å². The standard InChI is InChI=1S/C12H16F3N3/c1-8-5-17-3-2-11(8)18-6-9(12(13,14)15)4-10(16)7-18/h2-3,5,9-10H,4,6-7,16H2,1H3/t9-,10+/m0/s1. The monoisotopic (exact) mass is 259 g/mol. The van der Waals surface area contributed by atoms with Crippen molar-refractivity contribution in [1.82, 2.24) is 4.98 Å². The SMILES string of the molecule is Cc1cnccc1N1C[C@H](N)C[C@H](C(F)(F)F)C1. The largest absolute Gasteiger partial charge is 0.393 e. The Morgan fingerprint density at radius 2 is 2.11 bits per heavy atom. The summed E-state index contributed by atoms with van der Waals surface area (Å²) < 4.78 is 38.4. The maximum atomic E-state index is 12.8. The minimum Gasteiger partial charge on any atom is -0.369 e. The number of aromatic nitrogens is 1. The van der Waals surface area contributed by atoms with E-state index in [1.165, 1.54) is 0 Å². The third-order valence-electron chi connectivity index (χ3n) is 3.28. The van der Waals surface area contributed by atoms with Crippen molar-refractivity contribution in [2.24, 2.45) is 11.7 Å². The highest BCUT2D eigenvalue weighted by Gasteiger charge is 2.44. The number of alkyl halides is 3. The number of aryl methyl sites for hydroxylation is 1. The van der Waals surface area contributed by atoms with Crippen LogP contribution in [0, 0.1) is 12.8 Å². The molecule has 0 saturated carbocycles. The van der Waals surface area contributed by atoms with Crippen molar-refractivity contribution in [2.45, 2.75) is 25.6 Å². The first-order chi connectivity index (χ1) is 8.38. The van der Waals surface area contributed by atoms with E-state index in [1.54, 1.807) is 23.4 Å². The van der Waals surface area contributed by atoms with Crippen molar-refractivity contribution < 1.29 is 13.2 Å². The Kier molecular flexibility index (Phi) is 3.47. The molecule has 2 rings (SSSR count). The van der Waals surface area contributed by atoms with E-state index in [2.05, 4.69) is 4.98 Å². The summed E-state index contributed by atoms with van der Waals surface area (Å²) in [5, 5.41) is 0. The Morgan fingerprint density at radius 1 is 1.39 bits per heavy atom. The number of rotatable bonds is 1. The third-order valence-corrected chi connectivity index (χ3v) is 3.28. The van der Waals surface area contributed by atoms with Crippen molar-refractivity contribution in [3.63, 3.8) is 0 Å². The molecule has 0 amide bonds. The number of hydrogen-bond donors (Lipinski definition) is 1. The van der Waals surface area contributed by atoms with E-state index in [0.29, 0.717) is 6.54 Å². The molecule has 18 heavy (non-hydrogen) atoms. The Morgan fingerprint density at radius 3 is 2.72 bits per heavy atom. The third kappa shape index (κ3) is 2.75. The number of pyridine rings is 1. The van der Waals surface area contributed by atoms with Crippen LogP contribution in [0.1, 0.15) is 12.0 Å². The van der Waals surface area contributed by atoms with Crippen LogP contribution in [0.25, 0.3) is 0 Å². The summed E-state index contributed by atoms with van der Waals surface area (Å²) >= 11 is 0. The van der Waals surface area contributed by atoms with Gasteiger partial charge in [0.05, 0.1) is 5.92 Å². The van der Waals surface area contributed by atoms with Gasteiger partial charge in [0.1, 0.15) is 0 Å². The molecule has 1 aliphatic rings. The van der Waals surface area contributed by atoms with Gasteiger partial charge in [-0.05, 0) is 25.0 Å². The summed E-state index contributed by atoms with van der Waals surface area (Å²) in [5.74, 6) is -1.35. The molecule has 0 bridgehead atoms. The van der Waals surface area contributed by atoms with E-state index in [-0.39, 0.29) is 13.0 Å². The van der Waals surface area contributed by atoms with E-state index in [0.717, 1.165) is 11.3 Å². The first-order valence-electron chi connectivity index (χ1n) is 5.86. The van der Waals surface area contributed by atoms with E-state index >= 15 is 0 Å². The minimum atomic E-state index is -4.18. The van der Waals surface area contributed by atoms with Crippen LogP contribution in [-0.2, 0) is 0 Å². The average Bonchev–Trinajstić information content (AvgIpc) is 2.27. The van der Waals surface area contributed by atoms with Gasteiger partial charge in [-0.2, -0.15) is 13.2 Å². The summed E-state index contributed by atoms with van der Waals surface area (Å²) in [4.78, 5) is 5.66. The zero-order valence-electron chi connectivity index (χ0n) is 10.1. The average molecular weight is 259 g/mol. The van der Waals surface area contributed by atoms with Gasteiger partial charge in [-0.25, -0.2) is 0 Å². The van der Waals surface area contributed by atoms with Crippen LogP contribution in [0.4, 0.5) is 18.9 Å². The highest BCUT2D eigenvalue weighted by Crippen LogP contribution is 2.35. The van der Waals surface area contributed by atoms with Gasteiger partial charge in [-0.1, -0.05) is 0 Å². The fourth-order valence-corrected chi connectivity index (χ4v) is 2.39. The molecule has 6 heteroatoms. The number of anilines is 1. The molecule has 0 radical (unpaired) electrons. The second-order valence-corrected chi connectivity index (χ2v) is 4.80. The molecule has 100 valence electrons. The molecule has 1 aromatic heterocycles. The molecule has 2 atom stereocenters. The lowest BCUT2D eigenvalue weighted by molar-refractivity contribution is -0.177. The zero-order chi connectivity index (χ0) is 13.3. The van der Waals surface area contributed by atoms with E-state index in [9.17, 15) is 13.2 Å². The predicted molar refractivity (Wildman–Crippen MR) is 63.3 cm³/mol. The fourth-order valence-electron chi connectivity index (χ4n) is 2.39. The van der Waals surface area contributed by atoms with Crippen molar-refractivity contribution in [1.29, 1.82) is 0 Å². The molecule has 3 nitrogen and oxygen atoms in total. The van der Waals surface area contributed by atoms with E-state index in [1.807, 2.05) is 6.92 Å². The fraction of sp³-hybridized carbons (Fsp3) is 0.583. The highest BCUT2D eigenvalue weighted by molar-refractivity contribution is 5.52. The van der Waals surface area contributed by atoms with E-state index in [4.69, 9.17) is 5.73 Å². The maximum absolute atomic E-state index is 12.8. The zero-order valence-corrected chi connectivity index (χ0v) is 10.1. The highest BCUT2D eigenvalue weighted by atomic mass is 19.4. The smallest absolute Gasteiger partial charge is 0.369 e. The van der Waals surface area contributed by atoms with E-state index < -0.39 is 18.1 Å². The lowest BCUT2D eigenvalue weighted by Crippen LogP contribution is -2.51. The normalized spacial score (nSPS) is 25.3.